The van der Waals surface area contributed by atoms with Crippen molar-refractivity contribution in [3.05, 3.63) is 57.3 Å². The van der Waals surface area contributed by atoms with Gasteiger partial charge in [-0.25, -0.2) is 0 Å². The first-order valence-corrected chi connectivity index (χ1v) is 7.79. The summed E-state index contributed by atoms with van der Waals surface area (Å²) in [5.41, 5.74) is 3.27. The molecule has 2 aromatic rings. The summed E-state index contributed by atoms with van der Waals surface area (Å²) in [6.45, 7) is 3.83. The SMILES string of the molecule is C[C@@H](NC(=O)c1cccc2c1CCNC2)c1cccs1. The molecule has 1 aliphatic rings. The van der Waals surface area contributed by atoms with E-state index in [1.807, 2.05) is 30.5 Å². The minimum atomic E-state index is 0.0321. The molecule has 104 valence electrons. The second kappa shape index (κ2) is 5.77. The van der Waals surface area contributed by atoms with Crippen LogP contribution in [0.3, 0.4) is 0 Å². The van der Waals surface area contributed by atoms with Crippen molar-refractivity contribution >= 4 is 17.2 Å². The van der Waals surface area contributed by atoms with Crippen LogP contribution in [0.25, 0.3) is 0 Å². The number of rotatable bonds is 3. The normalized spacial score (nSPS) is 15.4. The lowest BCUT2D eigenvalue weighted by molar-refractivity contribution is 0.0939. The lowest BCUT2D eigenvalue weighted by Gasteiger charge is -2.21. The lowest BCUT2D eigenvalue weighted by Crippen LogP contribution is -2.30. The molecule has 0 radical (unpaired) electrons. The largest absolute Gasteiger partial charge is 0.345 e. The molecular weight excluding hydrogens is 268 g/mol. The molecule has 0 aliphatic carbocycles. The fraction of sp³-hybridized carbons (Fsp3) is 0.312. The van der Waals surface area contributed by atoms with E-state index in [1.54, 1.807) is 11.3 Å². The van der Waals surface area contributed by atoms with Crippen molar-refractivity contribution in [2.45, 2.75) is 25.9 Å². The summed E-state index contributed by atoms with van der Waals surface area (Å²) >= 11 is 1.67. The third-order valence-electron chi connectivity index (χ3n) is 3.70. The first-order valence-electron chi connectivity index (χ1n) is 6.91. The maximum absolute atomic E-state index is 12.5. The molecule has 1 atom stereocenters. The summed E-state index contributed by atoms with van der Waals surface area (Å²) in [4.78, 5) is 13.7. The van der Waals surface area contributed by atoms with Crippen molar-refractivity contribution in [2.24, 2.45) is 0 Å². The van der Waals surface area contributed by atoms with E-state index in [1.165, 1.54) is 16.0 Å². The predicted octanol–water partition coefficient (Wildman–Crippen LogP) is 2.88. The van der Waals surface area contributed by atoms with Crippen molar-refractivity contribution in [3.63, 3.8) is 0 Å². The molecule has 20 heavy (non-hydrogen) atoms. The lowest BCUT2D eigenvalue weighted by atomic mass is 9.95. The van der Waals surface area contributed by atoms with E-state index in [-0.39, 0.29) is 11.9 Å². The number of fused-ring (bicyclic) bond motifs is 1. The van der Waals surface area contributed by atoms with Crippen LogP contribution in [-0.4, -0.2) is 12.5 Å². The molecule has 2 heterocycles. The number of benzene rings is 1. The first kappa shape index (κ1) is 13.3. The summed E-state index contributed by atoms with van der Waals surface area (Å²) in [5.74, 6) is 0.0321. The highest BCUT2D eigenvalue weighted by Gasteiger charge is 2.19. The highest BCUT2D eigenvalue weighted by atomic mass is 32.1. The molecule has 0 spiro atoms. The number of nitrogens with one attached hydrogen (secondary N) is 2. The molecule has 1 aromatic carbocycles. The van der Waals surface area contributed by atoms with Crippen molar-refractivity contribution in [3.8, 4) is 0 Å². The Labute approximate surface area is 123 Å². The van der Waals surface area contributed by atoms with Crippen LogP contribution in [0.2, 0.25) is 0 Å². The quantitative estimate of drug-likeness (QED) is 0.911. The van der Waals surface area contributed by atoms with Crippen molar-refractivity contribution in [1.82, 2.24) is 10.6 Å². The molecule has 1 amide bonds. The zero-order valence-electron chi connectivity index (χ0n) is 11.5. The van der Waals surface area contributed by atoms with Crippen LogP contribution in [0.5, 0.6) is 0 Å². The molecule has 0 fully saturated rings. The fourth-order valence-electron chi connectivity index (χ4n) is 2.63. The Balaban J connectivity index is 1.81. The smallest absolute Gasteiger partial charge is 0.252 e. The Morgan fingerprint density at radius 2 is 2.25 bits per heavy atom. The van der Waals surface area contributed by atoms with E-state index in [0.29, 0.717) is 0 Å². The summed E-state index contributed by atoms with van der Waals surface area (Å²) in [7, 11) is 0. The summed E-state index contributed by atoms with van der Waals surface area (Å²) in [5, 5.41) is 8.48. The molecule has 3 nitrogen and oxygen atoms in total. The van der Waals surface area contributed by atoms with Gasteiger partial charge in [0.15, 0.2) is 0 Å². The van der Waals surface area contributed by atoms with Crippen LogP contribution in [0.4, 0.5) is 0 Å². The monoisotopic (exact) mass is 286 g/mol. The second-order valence-electron chi connectivity index (χ2n) is 5.08. The minimum Gasteiger partial charge on any atom is -0.345 e. The van der Waals surface area contributed by atoms with Gasteiger partial charge in [0.05, 0.1) is 6.04 Å². The number of hydrogen-bond acceptors (Lipinski definition) is 3. The van der Waals surface area contributed by atoms with Crippen LogP contribution in [0.1, 0.15) is 39.3 Å². The highest BCUT2D eigenvalue weighted by molar-refractivity contribution is 7.10. The van der Waals surface area contributed by atoms with Gasteiger partial charge in [-0.3, -0.25) is 4.79 Å². The zero-order valence-corrected chi connectivity index (χ0v) is 12.3. The average molecular weight is 286 g/mol. The van der Waals surface area contributed by atoms with E-state index in [4.69, 9.17) is 0 Å². The number of carbonyl (C=O) groups is 1. The molecule has 1 aliphatic heterocycles. The van der Waals surface area contributed by atoms with Gasteiger partial charge in [0.1, 0.15) is 0 Å². The Kier molecular flexibility index (Phi) is 3.85. The second-order valence-corrected chi connectivity index (χ2v) is 6.06. The Hall–Kier alpha value is -1.65. The van der Waals surface area contributed by atoms with E-state index < -0.39 is 0 Å². The molecule has 4 heteroatoms. The number of thiophene rings is 1. The third kappa shape index (κ3) is 2.62. The summed E-state index contributed by atoms with van der Waals surface area (Å²) in [6.07, 6.45) is 0.923. The van der Waals surface area contributed by atoms with Gasteiger partial charge in [0.25, 0.3) is 5.91 Å². The van der Waals surface area contributed by atoms with E-state index in [9.17, 15) is 4.79 Å². The van der Waals surface area contributed by atoms with Crippen molar-refractivity contribution < 1.29 is 4.79 Å². The van der Waals surface area contributed by atoms with Crippen molar-refractivity contribution in [2.75, 3.05) is 6.54 Å². The molecule has 0 saturated carbocycles. The Morgan fingerprint density at radius 3 is 3.05 bits per heavy atom. The molecule has 1 aromatic heterocycles. The van der Waals surface area contributed by atoms with Crippen molar-refractivity contribution in [1.29, 1.82) is 0 Å². The van der Waals surface area contributed by atoms with Gasteiger partial charge in [-0.2, -0.15) is 0 Å². The zero-order chi connectivity index (χ0) is 13.9. The molecule has 0 bridgehead atoms. The predicted molar refractivity (Wildman–Crippen MR) is 82.1 cm³/mol. The van der Waals surface area contributed by atoms with Gasteiger partial charge < -0.3 is 10.6 Å². The van der Waals surface area contributed by atoms with Crippen LogP contribution in [-0.2, 0) is 13.0 Å². The minimum absolute atomic E-state index is 0.0321. The maximum atomic E-state index is 12.5. The number of amides is 1. The summed E-state index contributed by atoms with van der Waals surface area (Å²) < 4.78 is 0. The van der Waals surface area contributed by atoms with Crippen LogP contribution in [0, 0.1) is 0 Å². The van der Waals surface area contributed by atoms with Crippen LogP contribution in [0.15, 0.2) is 35.7 Å². The average Bonchev–Trinajstić information content (AvgIpc) is 3.01. The van der Waals surface area contributed by atoms with Gasteiger partial charge in [-0.1, -0.05) is 18.2 Å². The molecule has 0 unspecified atom stereocenters. The Morgan fingerprint density at radius 1 is 1.35 bits per heavy atom. The molecule has 2 N–H and O–H groups in total. The number of carbonyl (C=O) groups excluding carboxylic acids is 1. The Bertz CT molecular complexity index is 607. The van der Waals surface area contributed by atoms with Gasteiger partial charge in [0, 0.05) is 17.0 Å². The number of hydrogen-bond donors (Lipinski definition) is 2. The maximum Gasteiger partial charge on any atom is 0.252 e. The van der Waals surface area contributed by atoms with E-state index in [2.05, 4.69) is 22.8 Å². The topological polar surface area (TPSA) is 41.1 Å². The van der Waals surface area contributed by atoms with Gasteiger partial charge in [-0.05, 0) is 48.5 Å². The fourth-order valence-corrected chi connectivity index (χ4v) is 3.36. The molecule has 0 saturated heterocycles. The van der Waals surface area contributed by atoms with Crippen LogP contribution >= 0.6 is 11.3 Å². The van der Waals surface area contributed by atoms with E-state index in [0.717, 1.165) is 25.1 Å². The van der Waals surface area contributed by atoms with Crippen LogP contribution < -0.4 is 10.6 Å². The van der Waals surface area contributed by atoms with Gasteiger partial charge in [0.2, 0.25) is 0 Å². The highest BCUT2D eigenvalue weighted by Crippen LogP contribution is 2.21. The molecular formula is C16H18N2OS. The van der Waals surface area contributed by atoms with Gasteiger partial charge >= 0.3 is 0 Å². The molecule has 3 rings (SSSR count). The van der Waals surface area contributed by atoms with Gasteiger partial charge in [-0.15, -0.1) is 11.3 Å². The first-order chi connectivity index (χ1) is 9.75. The van der Waals surface area contributed by atoms with E-state index >= 15 is 0 Å². The summed E-state index contributed by atoms with van der Waals surface area (Å²) in [6, 6.07) is 10.1. The standard InChI is InChI=1S/C16H18N2OS/c1-11(15-6-3-9-20-15)18-16(19)14-5-2-4-12-10-17-8-7-13(12)14/h2-6,9,11,17H,7-8,10H2,1H3,(H,18,19)/t11-/m1/s1. The third-order valence-corrected chi connectivity index (χ3v) is 4.76.